The predicted octanol–water partition coefficient (Wildman–Crippen LogP) is 2.06. The van der Waals surface area contributed by atoms with Crippen molar-refractivity contribution in [3.8, 4) is 0 Å². The maximum absolute atomic E-state index is 13.0. The van der Waals surface area contributed by atoms with E-state index >= 15 is 0 Å². The number of nitrogens with zero attached hydrogens (tertiary/aromatic N) is 1. The number of benzene rings is 1. The summed E-state index contributed by atoms with van der Waals surface area (Å²) in [5, 5.41) is 2.90. The van der Waals surface area contributed by atoms with Crippen LogP contribution in [0.3, 0.4) is 0 Å². The molecule has 0 aliphatic carbocycles. The van der Waals surface area contributed by atoms with Gasteiger partial charge in [0.1, 0.15) is 5.82 Å². The molecule has 1 aromatic rings. The van der Waals surface area contributed by atoms with Crippen LogP contribution in [-0.4, -0.2) is 37.0 Å². The van der Waals surface area contributed by atoms with Crippen molar-refractivity contribution in [3.05, 3.63) is 35.6 Å². The third kappa shape index (κ3) is 5.10. The molecule has 0 saturated carbocycles. The summed E-state index contributed by atoms with van der Waals surface area (Å²) in [6, 6.07) is 6.31. The molecule has 0 spiro atoms. The Kier molecular flexibility index (Phi) is 6.30. The van der Waals surface area contributed by atoms with Gasteiger partial charge in [0.15, 0.2) is 0 Å². The second-order valence-electron chi connectivity index (χ2n) is 5.91. The van der Waals surface area contributed by atoms with E-state index in [4.69, 9.17) is 5.73 Å². The Bertz CT molecular complexity index is 457. The Morgan fingerprint density at radius 2 is 1.95 bits per heavy atom. The van der Waals surface area contributed by atoms with E-state index in [2.05, 4.69) is 5.32 Å². The van der Waals surface area contributed by atoms with Crippen molar-refractivity contribution in [2.24, 2.45) is 5.73 Å². The second kappa shape index (κ2) is 7.52. The third-order valence-corrected chi connectivity index (χ3v) is 3.62. The molecular formula is C16H26FN3O. The summed E-state index contributed by atoms with van der Waals surface area (Å²) in [6.45, 7) is 4.18. The summed E-state index contributed by atoms with van der Waals surface area (Å²) in [7, 11) is 3.85. The largest absolute Gasteiger partial charge is 0.353 e. The highest BCUT2D eigenvalue weighted by Crippen LogP contribution is 2.18. The van der Waals surface area contributed by atoms with E-state index in [0.717, 1.165) is 12.0 Å². The van der Waals surface area contributed by atoms with Crippen LogP contribution < -0.4 is 11.1 Å². The molecule has 0 radical (unpaired) electrons. The normalized spacial score (nSPS) is 15.6. The van der Waals surface area contributed by atoms with Gasteiger partial charge in [-0.05, 0) is 45.1 Å². The third-order valence-electron chi connectivity index (χ3n) is 3.62. The molecule has 0 fully saturated rings. The number of nitrogens with two attached hydrogens (primary N) is 1. The SMILES string of the molecule is CCCC(C)(N)C(=O)NCC(c1ccc(F)cc1)N(C)C. The van der Waals surface area contributed by atoms with Crippen LogP contribution in [-0.2, 0) is 4.79 Å². The molecule has 0 saturated heterocycles. The van der Waals surface area contributed by atoms with Gasteiger partial charge in [0, 0.05) is 6.54 Å². The van der Waals surface area contributed by atoms with E-state index in [-0.39, 0.29) is 17.8 Å². The van der Waals surface area contributed by atoms with Crippen molar-refractivity contribution in [1.82, 2.24) is 10.2 Å². The van der Waals surface area contributed by atoms with Gasteiger partial charge in [0.2, 0.25) is 5.91 Å². The zero-order chi connectivity index (χ0) is 16.0. The van der Waals surface area contributed by atoms with Gasteiger partial charge in [-0.2, -0.15) is 0 Å². The van der Waals surface area contributed by atoms with Crippen LogP contribution in [0.25, 0.3) is 0 Å². The summed E-state index contributed by atoms with van der Waals surface area (Å²) < 4.78 is 13.0. The monoisotopic (exact) mass is 295 g/mol. The summed E-state index contributed by atoms with van der Waals surface area (Å²) >= 11 is 0. The molecule has 0 bridgehead atoms. The topological polar surface area (TPSA) is 58.4 Å². The number of likely N-dealkylation sites (N-methyl/N-ethyl adjacent to an activating group) is 1. The van der Waals surface area contributed by atoms with E-state index in [0.29, 0.717) is 13.0 Å². The molecule has 1 rings (SSSR count). The first kappa shape index (κ1) is 17.6. The number of carbonyl (C=O) groups excluding carboxylic acids is 1. The molecule has 0 aromatic heterocycles. The highest BCUT2D eigenvalue weighted by molar-refractivity contribution is 5.85. The Morgan fingerprint density at radius 1 is 1.38 bits per heavy atom. The minimum atomic E-state index is -0.853. The molecule has 21 heavy (non-hydrogen) atoms. The minimum absolute atomic E-state index is 0.0213. The van der Waals surface area contributed by atoms with Crippen LogP contribution in [0.4, 0.5) is 4.39 Å². The number of hydrogen-bond acceptors (Lipinski definition) is 3. The first-order valence-electron chi connectivity index (χ1n) is 7.27. The fourth-order valence-corrected chi connectivity index (χ4v) is 2.31. The standard InChI is InChI=1S/C16H26FN3O/c1-5-10-16(2,18)15(21)19-11-14(20(3)4)12-6-8-13(17)9-7-12/h6-9,14H,5,10-11,18H2,1-4H3,(H,19,21). The molecule has 5 heteroatoms. The Balaban J connectivity index is 2.72. The van der Waals surface area contributed by atoms with Gasteiger partial charge in [-0.15, -0.1) is 0 Å². The molecule has 118 valence electrons. The van der Waals surface area contributed by atoms with E-state index in [9.17, 15) is 9.18 Å². The van der Waals surface area contributed by atoms with Gasteiger partial charge in [-0.3, -0.25) is 4.79 Å². The average molecular weight is 295 g/mol. The maximum atomic E-state index is 13.0. The summed E-state index contributed by atoms with van der Waals surface area (Å²) in [5.41, 5.74) is 6.12. The zero-order valence-corrected chi connectivity index (χ0v) is 13.3. The van der Waals surface area contributed by atoms with E-state index in [1.54, 1.807) is 19.1 Å². The zero-order valence-electron chi connectivity index (χ0n) is 13.3. The highest BCUT2D eigenvalue weighted by Gasteiger charge is 2.27. The number of carbonyl (C=O) groups is 1. The van der Waals surface area contributed by atoms with Crippen molar-refractivity contribution in [2.75, 3.05) is 20.6 Å². The van der Waals surface area contributed by atoms with Crippen LogP contribution in [0.15, 0.2) is 24.3 Å². The van der Waals surface area contributed by atoms with E-state index in [1.807, 2.05) is 25.9 Å². The van der Waals surface area contributed by atoms with Crippen LogP contribution in [0, 0.1) is 5.82 Å². The molecular weight excluding hydrogens is 269 g/mol. The second-order valence-corrected chi connectivity index (χ2v) is 5.91. The smallest absolute Gasteiger partial charge is 0.239 e. The van der Waals surface area contributed by atoms with Crippen LogP contribution in [0.1, 0.15) is 38.3 Å². The van der Waals surface area contributed by atoms with Gasteiger partial charge in [0.25, 0.3) is 0 Å². The van der Waals surface area contributed by atoms with Crippen molar-refractivity contribution in [2.45, 2.75) is 38.3 Å². The molecule has 0 aliphatic rings. The summed E-state index contributed by atoms with van der Waals surface area (Å²) in [6.07, 6.45) is 1.50. The average Bonchev–Trinajstić information content (AvgIpc) is 2.40. The highest BCUT2D eigenvalue weighted by atomic mass is 19.1. The maximum Gasteiger partial charge on any atom is 0.239 e. The number of amides is 1. The summed E-state index contributed by atoms with van der Waals surface area (Å²) in [5.74, 6) is -0.420. The lowest BCUT2D eigenvalue weighted by Gasteiger charge is -2.28. The van der Waals surface area contributed by atoms with Gasteiger partial charge in [-0.25, -0.2) is 4.39 Å². The van der Waals surface area contributed by atoms with Crippen LogP contribution in [0.5, 0.6) is 0 Å². The molecule has 3 N–H and O–H groups in total. The molecule has 4 nitrogen and oxygen atoms in total. The van der Waals surface area contributed by atoms with E-state index < -0.39 is 5.54 Å². The Morgan fingerprint density at radius 3 is 2.43 bits per heavy atom. The molecule has 0 aliphatic heterocycles. The van der Waals surface area contributed by atoms with E-state index in [1.165, 1.54) is 12.1 Å². The number of halogens is 1. The molecule has 0 heterocycles. The number of hydrogen-bond donors (Lipinski definition) is 2. The number of nitrogens with one attached hydrogen (secondary N) is 1. The van der Waals surface area contributed by atoms with Crippen molar-refractivity contribution >= 4 is 5.91 Å². The van der Waals surface area contributed by atoms with Crippen LogP contribution in [0.2, 0.25) is 0 Å². The fraction of sp³-hybridized carbons (Fsp3) is 0.562. The lowest BCUT2D eigenvalue weighted by molar-refractivity contribution is -0.126. The van der Waals surface area contributed by atoms with Crippen molar-refractivity contribution < 1.29 is 9.18 Å². The summed E-state index contributed by atoms with van der Waals surface area (Å²) in [4.78, 5) is 14.1. The molecule has 2 unspecified atom stereocenters. The van der Waals surface area contributed by atoms with Gasteiger partial charge < -0.3 is 16.0 Å². The molecule has 2 atom stereocenters. The Hall–Kier alpha value is -1.46. The first-order chi connectivity index (χ1) is 9.77. The lowest BCUT2D eigenvalue weighted by Crippen LogP contribution is -2.52. The van der Waals surface area contributed by atoms with Gasteiger partial charge >= 0.3 is 0 Å². The predicted molar refractivity (Wildman–Crippen MR) is 83.3 cm³/mol. The minimum Gasteiger partial charge on any atom is -0.353 e. The first-order valence-corrected chi connectivity index (χ1v) is 7.27. The Labute approximate surface area is 126 Å². The van der Waals surface area contributed by atoms with Crippen molar-refractivity contribution in [3.63, 3.8) is 0 Å². The molecule has 1 amide bonds. The fourth-order valence-electron chi connectivity index (χ4n) is 2.31. The van der Waals surface area contributed by atoms with Crippen molar-refractivity contribution in [1.29, 1.82) is 0 Å². The quantitative estimate of drug-likeness (QED) is 0.809. The lowest BCUT2D eigenvalue weighted by atomic mass is 9.96. The number of rotatable bonds is 7. The van der Waals surface area contributed by atoms with Gasteiger partial charge in [-0.1, -0.05) is 25.5 Å². The van der Waals surface area contributed by atoms with Gasteiger partial charge in [0.05, 0.1) is 11.6 Å². The van der Waals surface area contributed by atoms with Crippen LogP contribution >= 0.6 is 0 Å². The molecule has 1 aromatic carbocycles.